The molecule has 0 unspecified atom stereocenters. The van der Waals surface area contributed by atoms with Gasteiger partial charge < -0.3 is 12.3 Å². The zero-order valence-electron chi connectivity index (χ0n) is 3.62. The van der Waals surface area contributed by atoms with Gasteiger partial charge in [-0.2, -0.15) is 0 Å². The second-order valence-corrected chi connectivity index (χ2v) is 0. The molecule has 0 saturated heterocycles. The van der Waals surface area contributed by atoms with Crippen LogP contribution in [0.1, 0.15) is 0 Å². The molecule has 0 aromatic carbocycles. The molecule has 0 saturated carbocycles. The minimum atomic E-state index is 0. The van der Waals surface area contributed by atoms with Crippen LogP contribution in [-0.4, -0.2) is 0 Å². The third-order valence-corrected chi connectivity index (χ3v) is 0. The maximum atomic E-state index is 8.34. The van der Waals surface area contributed by atoms with E-state index in [1.165, 1.54) is 0 Å². The first-order valence-corrected chi connectivity index (χ1v) is 3.62. The monoisotopic (exact) mass is 346 g/mol. The first kappa shape index (κ1) is 32.5. The summed E-state index contributed by atoms with van der Waals surface area (Å²) in [5.74, 6) is 0. The van der Waals surface area contributed by atoms with Gasteiger partial charge in [0, 0.05) is 0 Å². The standard InChI is InChI=1S/2N.3O.3Zr/q2*-3;;;;3*+2. The number of rotatable bonds is 0. The van der Waals surface area contributed by atoms with E-state index in [4.69, 9.17) is 8.44 Å². The predicted octanol–water partition coefficient (Wildman–Crippen LogP) is 0.213. The fraction of sp³-hybridized carbons (Fsp3) is 0. The van der Waals surface area contributed by atoms with Crippen LogP contribution in [0.3, 0.4) is 0 Å². The van der Waals surface area contributed by atoms with Gasteiger partial charge >= 0.3 is 82.6 Å². The zero-order valence-corrected chi connectivity index (χ0v) is 11.0. The summed E-state index contributed by atoms with van der Waals surface area (Å²) in [6.45, 7) is 0. The Bertz CT molecular complexity index is 17.2. The van der Waals surface area contributed by atoms with Gasteiger partial charge in [0.1, 0.15) is 0 Å². The Morgan fingerprint density at radius 2 is 0.500 bits per heavy atom. The molecule has 0 aliphatic rings. The van der Waals surface area contributed by atoms with Gasteiger partial charge in [-0.15, -0.1) is 0 Å². The molecular formula is N2O3Zr3. The third kappa shape index (κ3) is 99.8. The Balaban J connectivity index is -0.00000000500. The Morgan fingerprint density at radius 3 is 0.500 bits per heavy atom. The van der Waals surface area contributed by atoms with Crippen LogP contribution in [0.5, 0.6) is 0 Å². The van der Waals surface area contributed by atoms with Gasteiger partial charge in [0.25, 0.3) is 0 Å². The molecule has 0 N–H and O–H groups in total. The normalized spacial score (nSPS) is 2.25. The molecule has 0 heterocycles. The second kappa shape index (κ2) is 147. The number of hydrogen-bond donors (Lipinski definition) is 0. The van der Waals surface area contributed by atoms with Crippen LogP contribution in [0.2, 0.25) is 0 Å². The van der Waals surface area contributed by atoms with Gasteiger partial charge in [0.15, 0.2) is 0 Å². The first-order chi connectivity index (χ1) is 3.00. The van der Waals surface area contributed by atoms with Crippen LogP contribution in [0.15, 0.2) is 0 Å². The molecular weight excluding hydrogens is 350 g/mol. The van der Waals surface area contributed by atoms with E-state index in [1.54, 1.807) is 0 Å². The summed E-state index contributed by atoms with van der Waals surface area (Å²) in [6.07, 6.45) is 0. The summed E-state index contributed by atoms with van der Waals surface area (Å²) in [5.41, 5.74) is 0. The van der Waals surface area contributed by atoms with E-state index in [0.717, 1.165) is 0 Å². The molecule has 40 valence electrons. The van der Waals surface area contributed by atoms with Crippen molar-refractivity contribution in [3.63, 3.8) is 0 Å². The molecule has 0 spiro atoms. The summed E-state index contributed by atoms with van der Waals surface area (Å²) < 4.78 is 25.0. The van der Waals surface area contributed by atoms with E-state index in [2.05, 4.69) is 0 Å². The van der Waals surface area contributed by atoms with Crippen LogP contribution in [0, 0.1) is 0 Å². The quantitative estimate of drug-likeness (QED) is 0.623. The molecule has 0 aromatic rings. The number of hydrogen-bond acceptors (Lipinski definition) is 3. The van der Waals surface area contributed by atoms with E-state index >= 15 is 0 Å². The van der Waals surface area contributed by atoms with Crippen molar-refractivity contribution in [2.45, 2.75) is 0 Å². The molecule has 8 heavy (non-hydrogen) atoms. The van der Waals surface area contributed by atoms with Crippen molar-refractivity contribution in [1.82, 2.24) is 0 Å². The van der Waals surface area contributed by atoms with Crippen molar-refractivity contribution >= 4 is 0 Å². The predicted molar refractivity (Wildman–Crippen MR) is 8.78 cm³/mol. The van der Waals surface area contributed by atoms with Crippen molar-refractivity contribution in [3.8, 4) is 0 Å². The molecule has 0 radical (unpaired) electrons. The van der Waals surface area contributed by atoms with Crippen LogP contribution in [-0.2, 0) is 82.6 Å². The Hall–Kier alpha value is 1.97. The minimum absolute atomic E-state index is 0. The summed E-state index contributed by atoms with van der Waals surface area (Å²) in [5, 5.41) is 0. The Kier molecular flexibility index (Phi) is 596. The average Bonchev–Trinajstić information content (AvgIpc) is 1.81. The zero-order chi connectivity index (χ0) is 6.00. The van der Waals surface area contributed by atoms with Gasteiger partial charge in [-0.1, -0.05) is 0 Å². The van der Waals surface area contributed by atoms with Crippen molar-refractivity contribution in [2.75, 3.05) is 0 Å². The third-order valence-electron chi connectivity index (χ3n) is 0. The van der Waals surface area contributed by atoms with Gasteiger partial charge in [0.05, 0.1) is 0 Å². The molecule has 0 bridgehead atoms. The molecule has 0 fully saturated rings. The molecule has 5 nitrogen and oxygen atoms in total. The summed E-state index contributed by atoms with van der Waals surface area (Å²) in [7, 11) is 0. The van der Waals surface area contributed by atoms with E-state index in [1.807, 2.05) is 0 Å². The average molecular weight is 350 g/mol. The van der Waals surface area contributed by atoms with Crippen molar-refractivity contribution in [2.24, 2.45) is 0 Å². The van der Waals surface area contributed by atoms with Gasteiger partial charge in [0.2, 0.25) is 0 Å². The summed E-state index contributed by atoms with van der Waals surface area (Å²) in [6, 6.07) is 0. The van der Waals surface area contributed by atoms with E-state index in [9.17, 15) is 0 Å². The summed E-state index contributed by atoms with van der Waals surface area (Å²) in [4.78, 5) is 0. The topological polar surface area (TPSA) is 112 Å². The molecule has 0 atom stereocenters. The van der Waals surface area contributed by atoms with Gasteiger partial charge in [-0.05, 0) is 0 Å². The molecule has 0 aliphatic carbocycles. The van der Waals surface area contributed by atoms with Gasteiger partial charge in [-0.25, -0.2) is 0 Å². The Labute approximate surface area is 93.4 Å². The van der Waals surface area contributed by atoms with Crippen molar-refractivity contribution in [1.29, 1.82) is 0 Å². The van der Waals surface area contributed by atoms with Gasteiger partial charge in [-0.3, -0.25) is 0 Å². The van der Waals surface area contributed by atoms with Crippen molar-refractivity contribution in [3.05, 3.63) is 12.3 Å². The van der Waals surface area contributed by atoms with E-state index in [-0.39, 0.29) is 12.3 Å². The van der Waals surface area contributed by atoms with Crippen LogP contribution < -0.4 is 0 Å². The fourth-order valence-corrected chi connectivity index (χ4v) is 0. The molecule has 0 aliphatic heterocycles. The van der Waals surface area contributed by atoms with E-state index < -0.39 is 0 Å². The molecule has 0 rings (SSSR count). The first-order valence-electron chi connectivity index (χ1n) is 0.612. The summed E-state index contributed by atoms with van der Waals surface area (Å²) >= 11 is 0.900. The fourth-order valence-electron chi connectivity index (χ4n) is 0. The van der Waals surface area contributed by atoms with E-state index in [0.29, 0.717) is 74.2 Å². The maximum absolute atomic E-state index is 8.34. The Morgan fingerprint density at radius 1 is 0.500 bits per heavy atom. The van der Waals surface area contributed by atoms with Crippen molar-refractivity contribution < 1.29 is 82.6 Å². The SMILES string of the molecule is [N-3].[N-3].[O]=[Zr+2].[O]=[Zr+2].[O]=[Zr+2]. The molecule has 0 aromatic heterocycles. The second-order valence-electron chi connectivity index (χ2n) is 0. The molecule has 0 amide bonds. The molecule has 8 heteroatoms. The van der Waals surface area contributed by atoms with Crippen LogP contribution in [0.25, 0.3) is 12.3 Å². The van der Waals surface area contributed by atoms with Crippen LogP contribution in [0.4, 0.5) is 0 Å². The number of nitrogens with zero attached hydrogens (tertiary/aromatic N) is 2. The van der Waals surface area contributed by atoms with Crippen LogP contribution >= 0.6 is 0 Å².